The van der Waals surface area contributed by atoms with Crippen LogP contribution < -0.4 is 10.6 Å². The molecule has 0 aliphatic rings. The lowest BCUT2D eigenvalue weighted by Gasteiger charge is -2.20. The number of anilines is 1. The van der Waals surface area contributed by atoms with Crippen molar-refractivity contribution in [2.45, 2.75) is 33.4 Å². The zero-order valence-corrected chi connectivity index (χ0v) is 25.8. The molecule has 0 radical (unpaired) electrons. The van der Waals surface area contributed by atoms with Crippen molar-refractivity contribution in [3.8, 4) is 11.1 Å². The number of carbonyl (C=O) groups is 2. The lowest BCUT2D eigenvalue weighted by Crippen LogP contribution is -2.29. The number of benzene rings is 2. The molecule has 0 aliphatic carbocycles. The number of nitrogens with zero attached hydrogens (tertiary/aromatic N) is 3. The molecule has 5 N–H and O–H groups in total. The second kappa shape index (κ2) is 16.7. The first kappa shape index (κ1) is 33.6. The highest BCUT2D eigenvalue weighted by Crippen LogP contribution is 2.32. The Hall–Kier alpha value is -4.32. The van der Waals surface area contributed by atoms with E-state index in [1.807, 2.05) is 67.3 Å². The molecule has 2 heterocycles. The van der Waals surface area contributed by atoms with Crippen LogP contribution in [0.4, 0.5) is 5.69 Å². The summed E-state index contributed by atoms with van der Waals surface area (Å²) in [5.41, 5.74) is 7.87. The molecule has 0 unspecified atom stereocenters. The Morgan fingerprint density at radius 3 is 2.04 bits per heavy atom. The monoisotopic (exact) mass is 611 g/mol. The summed E-state index contributed by atoms with van der Waals surface area (Å²) in [4.78, 5) is 36.8. The molecule has 0 atom stereocenters. The third-order valence-electron chi connectivity index (χ3n) is 7.69. The predicted molar refractivity (Wildman–Crippen MR) is 174 cm³/mol. The normalized spacial score (nSPS) is 11.2. The fourth-order valence-corrected chi connectivity index (χ4v) is 5.15. The van der Waals surface area contributed by atoms with Crippen molar-refractivity contribution in [2.75, 3.05) is 44.8 Å². The van der Waals surface area contributed by atoms with E-state index in [0.717, 1.165) is 38.9 Å². The van der Waals surface area contributed by atoms with Gasteiger partial charge in [0.2, 0.25) is 0 Å². The van der Waals surface area contributed by atoms with Crippen LogP contribution in [0.5, 0.6) is 0 Å². The van der Waals surface area contributed by atoms with E-state index in [1.54, 1.807) is 24.5 Å². The van der Waals surface area contributed by atoms with Gasteiger partial charge < -0.3 is 26.0 Å². The Morgan fingerprint density at radius 2 is 1.40 bits per heavy atom. The van der Waals surface area contributed by atoms with Crippen LogP contribution in [-0.4, -0.2) is 81.3 Å². The molecule has 4 aromatic rings. The van der Waals surface area contributed by atoms with Gasteiger partial charge in [0.15, 0.2) is 5.78 Å². The number of ketones is 1. The Labute approximate surface area is 263 Å². The molecule has 10 heteroatoms. The summed E-state index contributed by atoms with van der Waals surface area (Å²) in [6.07, 6.45) is 3.53. The van der Waals surface area contributed by atoms with Gasteiger partial charge in [-0.2, -0.15) is 0 Å². The summed E-state index contributed by atoms with van der Waals surface area (Å²) >= 11 is 0. The topological polar surface area (TPSA) is 148 Å². The largest absolute Gasteiger partial charge is 0.395 e. The van der Waals surface area contributed by atoms with Crippen LogP contribution in [0.2, 0.25) is 0 Å². The van der Waals surface area contributed by atoms with E-state index in [-0.39, 0.29) is 43.6 Å². The summed E-state index contributed by atoms with van der Waals surface area (Å²) in [6, 6.07) is 18.7. The number of carbonyl (C=O) groups excluding carboxylic acids is 2. The second-order valence-electron chi connectivity index (χ2n) is 10.8. The molecular weight excluding hydrogens is 570 g/mol. The van der Waals surface area contributed by atoms with E-state index in [2.05, 4.69) is 20.6 Å². The number of pyridine rings is 2. The Morgan fingerprint density at radius 1 is 0.756 bits per heavy atom. The number of rotatable bonds is 16. The number of aromatic nitrogens is 2. The van der Waals surface area contributed by atoms with E-state index in [4.69, 9.17) is 5.11 Å². The maximum absolute atomic E-state index is 13.1. The zero-order chi connectivity index (χ0) is 32.2. The molecule has 10 nitrogen and oxygen atoms in total. The lowest BCUT2D eigenvalue weighted by molar-refractivity contribution is 0.0986. The third-order valence-corrected chi connectivity index (χ3v) is 7.69. The van der Waals surface area contributed by atoms with Crippen LogP contribution in [0.3, 0.4) is 0 Å². The summed E-state index contributed by atoms with van der Waals surface area (Å²) < 4.78 is 0. The van der Waals surface area contributed by atoms with Gasteiger partial charge >= 0.3 is 0 Å². The van der Waals surface area contributed by atoms with E-state index in [9.17, 15) is 19.8 Å². The third kappa shape index (κ3) is 9.10. The standard InChI is InChI=1S/C35H41N5O5/c1-24-28(19-34(44)32-11-9-26(21-37-32)20-36-13-16-41)5-3-6-29(24)30-7-4-8-31(25(30)2)39-35(45)33-12-10-27(22-38-33)23-40(14-17-42)15-18-43/h3-12,21-22,36,41-43H,13-20,23H2,1-2H3,(H,39,45). The number of hydrogen-bond acceptors (Lipinski definition) is 9. The van der Waals surface area contributed by atoms with Crippen LogP contribution in [0, 0.1) is 13.8 Å². The van der Waals surface area contributed by atoms with Crippen molar-refractivity contribution in [1.29, 1.82) is 0 Å². The Balaban J connectivity index is 1.46. The maximum atomic E-state index is 13.1. The first-order chi connectivity index (χ1) is 21.8. The van der Waals surface area contributed by atoms with Gasteiger partial charge in [-0.25, -0.2) is 0 Å². The number of aliphatic hydroxyl groups is 3. The lowest BCUT2D eigenvalue weighted by atomic mass is 9.91. The highest BCUT2D eigenvalue weighted by molar-refractivity contribution is 6.04. The predicted octanol–water partition coefficient (Wildman–Crippen LogP) is 3.31. The van der Waals surface area contributed by atoms with Crippen LogP contribution >= 0.6 is 0 Å². The van der Waals surface area contributed by atoms with Gasteiger partial charge in [0.05, 0.1) is 19.8 Å². The minimum atomic E-state index is -0.330. The van der Waals surface area contributed by atoms with Crippen LogP contribution in [0.25, 0.3) is 11.1 Å². The molecule has 0 fully saturated rings. The fourth-order valence-electron chi connectivity index (χ4n) is 5.15. The highest BCUT2D eigenvalue weighted by atomic mass is 16.3. The van der Waals surface area contributed by atoms with Gasteiger partial charge in [-0.05, 0) is 71.0 Å². The average molecular weight is 612 g/mol. The summed E-state index contributed by atoms with van der Waals surface area (Å²) in [6.45, 7) is 6.45. The maximum Gasteiger partial charge on any atom is 0.274 e. The molecule has 45 heavy (non-hydrogen) atoms. The van der Waals surface area contributed by atoms with Gasteiger partial charge in [-0.1, -0.05) is 42.5 Å². The van der Waals surface area contributed by atoms with Crippen molar-refractivity contribution in [3.63, 3.8) is 0 Å². The molecule has 0 bridgehead atoms. The Bertz CT molecular complexity index is 1570. The van der Waals surface area contributed by atoms with Crippen molar-refractivity contribution >= 4 is 17.4 Å². The van der Waals surface area contributed by atoms with Gasteiger partial charge in [0.25, 0.3) is 5.91 Å². The van der Waals surface area contributed by atoms with E-state index < -0.39 is 0 Å². The molecule has 236 valence electrons. The van der Waals surface area contributed by atoms with E-state index >= 15 is 0 Å². The number of hydrogen-bond donors (Lipinski definition) is 5. The Kier molecular flexibility index (Phi) is 12.4. The minimum absolute atomic E-state index is 0.00777. The molecular formula is C35H41N5O5. The first-order valence-corrected chi connectivity index (χ1v) is 15.0. The van der Waals surface area contributed by atoms with Crippen molar-refractivity contribution in [3.05, 3.63) is 112 Å². The number of nitrogens with one attached hydrogen (secondary N) is 2. The summed E-state index contributed by atoms with van der Waals surface area (Å²) in [5.74, 6) is -0.404. The highest BCUT2D eigenvalue weighted by Gasteiger charge is 2.16. The summed E-state index contributed by atoms with van der Waals surface area (Å²) in [7, 11) is 0. The zero-order valence-electron chi connectivity index (χ0n) is 25.8. The molecule has 1 amide bonds. The summed E-state index contributed by atoms with van der Waals surface area (Å²) in [5, 5.41) is 33.5. The quantitative estimate of drug-likeness (QED) is 0.0951. The van der Waals surface area contributed by atoms with Gasteiger partial charge in [-0.15, -0.1) is 0 Å². The van der Waals surface area contributed by atoms with E-state index in [0.29, 0.717) is 44.1 Å². The van der Waals surface area contributed by atoms with Crippen molar-refractivity contribution < 1.29 is 24.9 Å². The van der Waals surface area contributed by atoms with Crippen LogP contribution in [0.15, 0.2) is 73.1 Å². The van der Waals surface area contributed by atoms with Crippen LogP contribution in [0.1, 0.15) is 48.8 Å². The molecule has 0 aliphatic heterocycles. The van der Waals surface area contributed by atoms with Gasteiger partial charge in [0, 0.05) is 57.2 Å². The molecule has 0 spiro atoms. The van der Waals surface area contributed by atoms with Gasteiger partial charge in [-0.3, -0.25) is 24.5 Å². The first-order valence-electron chi connectivity index (χ1n) is 15.0. The minimum Gasteiger partial charge on any atom is -0.395 e. The van der Waals surface area contributed by atoms with Gasteiger partial charge in [0.1, 0.15) is 11.4 Å². The van der Waals surface area contributed by atoms with Crippen molar-refractivity contribution in [1.82, 2.24) is 20.2 Å². The second-order valence-corrected chi connectivity index (χ2v) is 10.8. The SMILES string of the molecule is Cc1c(CC(=O)c2ccc(CNCCO)cn2)cccc1-c1cccc(NC(=O)c2ccc(CN(CCO)CCO)cn2)c1C. The van der Waals surface area contributed by atoms with Crippen LogP contribution in [-0.2, 0) is 19.5 Å². The molecule has 4 rings (SSSR count). The average Bonchev–Trinajstić information content (AvgIpc) is 3.04. The molecule has 0 saturated carbocycles. The van der Waals surface area contributed by atoms with Crippen molar-refractivity contribution in [2.24, 2.45) is 0 Å². The fraction of sp³-hybridized carbons (Fsp3) is 0.314. The number of Topliss-reactive ketones (excluding diaryl/α,β-unsaturated/α-hetero) is 1. The van der Waals surface area contributed by atoms with E-state index in [1.165, 1.54) is 0 Å². The smallest absolute Gasteiger partial charge is 0.274 e. The number of aliphatic hydroxyl groups excluding tert-OH is 3. The molecule has 2 aromatic carbocycles. The number of amides is 1. The molecule has 2 aromatic heterocycles. The molecule has 0 saturated heterocycles.